The van der Waals surface area contributed by atoms with E-state index in [4.69, 9.17) is 21.3 Å². The van der Waals surface area contributed by atoms with E-state index < -0.39 is 0 Å². The van der Waals surface area contributed by atoms with Gasteiger partial charge >= 0.3 is 0 Å². The normalized spacial score (nSPS) is 17.2. The van der Waals surface area contributed by atoms with E-state index >= 15 is 0 Å². The number of aromatic nitrogens is 2. The number of benzene rings is 2. The van der Waals surface area contributed by atoms with Gasteiger partial charge in [-0.25, -0.2) is 4.98 Å². The Morgan fingerprint density at radius 2 is 2.10 bits per heavy atom. The molecule has 5 nitrogen and oxygen atoms in total. The molecule has 2 aromatic heterocycles. The monoisotopic (exact) mass is 424 g/mol. The van der Waals surface area contributed by atoms with Crippen molar-refractivity contribution in [2.75, 3.05) is 31.6 Å². The Morgan fingerprint density at radius 1 is 1.21 bits per heavy atom. The highest BCUT2D eigenvalue weighted by molar-refractivity contribution is 7.11. The molecule has 0 amide bonds. The standard InChI is InChI=1S/C22H21ClN4OS/c1-13-12-24-8-9-27(13)22-18-11-19(23)20(25-21(18)26-29-22)17-5-3-4-14-10-15(28-2)6-7-16(14)17/h3-7,10-11,13,24H,8-9,12H2,1-2H3. The Hall–Kier alpha value is -2.41. The van der Waals surface area contributed by atoms with Gasteiger partial charge in [-0.2, -0.15) is 4.37 Å². The SMILES string of the molecule is COc1ccc2c(-c3nc4nsc(N5CCNCC5C)c4cc3Cl)cccc2c1. The molecule has 0 saturated carbocycles. The molecule has 0 bridgehead atoms. The number of nitrogens with one attached hydrogen (secondary N) is 1. The number of ether oxygens (including phenoxy) is 1. The highest BCUT2D eigenvalue weighted by Crippen LogP contribution is 2.39. The minimum Gasteiger partial charge on any atom is -0.497 e. The summed E-state index contributed by atoms with van der Waals surface area (Å²) in [5.41, 5.74) is 2.52. The summed E-state index contributed by atoms with van der Waals surface area (Å²) in [6, 6.07) is 14.6. The topological polar surface area (TPSA) is 50.3 Å². The number of nitrogens with zero attached hydrogens (tertiary/aromatic N) is 3. The molecule has 4 aromatic rings. The summed E-state index contributed by atoms with van der Waals surface area (Å²) in [6.07, 6.45) is 0. The van der Waals surface area contributed by atoms with Crippen molar-refractivity contribution >= 4 is 49.9 Å². The van der Waals surface area contributed by atoms with Crippen LogP contribution in [-0.2, 0) is 0 Å². The van der Waals surface area contributed by atoms with Crippen molar-refractivity contribution in [2.24, 2.45) is 0 Å². The van der Waals surface area contributed by atoms with Gasteiger partial charge in [-0.3, -0.25) is 0 Å². The van der Waals surface area contributed by atoms with Crippen molar-refractivity contribution in [3.05, 3.63) is 47.5 Å². The quantitative estimate of drug-likeness (QED) is 0.503. The Bertz CT molecular complexity index is 1210. The van der Waals surface area contributed by atoms with Crippen LogP contribution in [0.5, 0.6) is 5.75 Å². The van der Waals surface area contributed by atoms with E-state index in [2.05, 4.69) is 39.7 Å². The summed E-state index contributed by atoms with van der Waals surface area (Å²) < 4.78 is 10.0. The van der Waals surface area contributed by atoms with Gasteiger partial charge in [-0.1, -0.05) is 35.9 Å². The van der Waals surface area contributed by atoms with Crippen LogP contribution in [0, 0.1) is 0 Å². The van der Waals surface area contributed by atoms with Crippen molar-refractivity contribution in [3.63, 3.8) is 0 Å². The molecular formula is C22H21ClN4OS. The van der Waals surface area contributed by atoms with Gasteiger partial charge in [-0.15, -0.1) is 0 Å². The number of rotatable bonds is 3. The van der Waals surface area contributed by atoms with Crippen LogP contribution in [0.3, 0.4) is 0 Å². The van der Waals surface area contributed by atoms with Crippen LogP contribution in [0.25, 0.3) is 33.1 Å². The molecule has 1 unspecified atom stereocenters. The summed E-state index contributed by atoms with van der Waals surface area (Å²) in [6.45, 7) is 5.13. The molecule has 1 atom stereocenters. The molecule has 3 heterocycles. The molecule has 2 aromatic carbocycles. The number of piperazine rings is 1. The third-order valence-electron chi connectivity index (χ3n) is 5.51. The van der Waals surface area contributed by atoms with Crippen LogP contribution in [0.15, 0.2) is 42.5 Å². The van der Waals surface area contributed by atoms with Gasteiger partial charge < -0.3 is 15.0 Å². The van der Waals surface area contributed by atoms with Crippen LogP contribution < -0.4 is 15.0 Å². The molecule has 0 aliphatic carbocycles. The maximum absolute atomic E-state index is 6.76. The number of halogens is 1. The zero-order valence-corrected chi connectivity index (χ0v) is 17.8. The van der Waals surface area contributed by atoms with Gasteiger partial charge in [-0.05, 0) is 47.4 Å². The fourth-order valence-electron chi connectivity index (χ4n) is 3.98. The second-order valence-electron chi connectivity index (χ2n) is 7.32. The van der Waals surface area contributed by atoms with Gasteiger partial charge in [0.2, 0.25) is 0 Å². The van der Waals surface area contributed by atoms with Crippen LogP contribution in [0.1, 0.15) is 6.92 Å². The van der Waals surface area contributed by atoms with Crippen molar-refractivity contribution in [2.45, 2.75) is 13.0 Å². The molecular weight excluding hydrogens is 404 g/mol. The summed E-state index contributed by atoms with van der Waals surface area (Å²) in [5, 5.41) is 8.44. The number of hydrogen-bond acceptors (Lipinski definition) is 6. The van der Waals surface area contributed by atoms with E-state index in [9.17, 15) is 0 Å². The fourth-order valence-corrected chi connectivity index (χ4v) is 5.17. The predicted octanol–water partition coefficient (Wildman–Crippen LogP) is 4.97. The first-order valence-electron chi connectivity index (χ1n) is 9.66. The minimum atomic E-state index is 0.416. The van der Waals surface area contributed by atoms with Crippen molar-refractivity contribution < 1.29 is 4.74 Å². The van der Waals surface area contributed by atoms with E-state index in [1.807, 2.05) is 24.3 Å². The van der Waals surface area contributed by atoms with Gasteiger partial charge in [0.1, 0.15) is 10.8 Å². The summed E-state index contributed by atoms with van der Waals surface area (Å²) in [7, 11) is 1.68. The third-order valence-corrected chi connectivity index (χ3v) is 6.69. The number of pyridine rings is 1. The number of hydrogen-bond donors (Lipinski definition) is 1. The molecule has 148 valence electrons. The highest BCUT2D eigenvalue weighted by Gasteiger charge is 2.23. The molecule has 0 radical (unpaired) electrons. The van der Waals surface area contributed by atoms with Crippen LogP contribution in [0.2, 0.25) is 5.02 Å². The minimum absolute atomic E-state index is 0.416. The molecule has 29 heavy (non-hydrogen) atoms. The Labute approximate surface area is 178 Å². The summed E-state index contributed by atoms with van der Waals surface area (Å²) >= 11 is 8.26. The van der Waals surface area contributed by atoms with Crippen LogP contribution >= 0.6 is 23.1 Å². The van der Waals surface area contributed by atoms with E-state index in [1.54, 1.807) is 7.11 Å². The Balaban J connectivity index is 1.64. The molecule has 0 spiro atoms. The zero-order valence-electron chi connectivity index (χ0n) is 16.3. The maximum atomic E-state index is 6.76. The van der Waals surface area contributed by atoms with Crippen molar-refractivity contribution in [1.82, 2.24) is 14.7 Å². The van der Waals surface area contributed by atoms with Gasteiger partial charge in [0.25, 0.3) is 0 Å². The average Bonchev–Trinajstić information content (AvgIpc) is 3.15. The number of fused-ring (bicyclic) bond motifs is 2. The second-order valence-corrected chi connectivity index (χ2v) is 8.48. The maximum Gasteiger partial charge on any atom is 0.175 e. The number of methoxy groups -OCH3 is 1. The van der Waals surface area contributed by atoms with Gasteiger partial charge in [0.05, 0.1) is 23.2 Å². The van der Waals surface area contributed by atoms with Crippen molar-refractivity contribution in [1.29, 1.82) is 0 Å². The lowest BCUT2D eigenvalue weighted by Gasteiger charge is -2.34. The molecule has 5 rings (SSSR count). The van der Waals surface area contributed by atoms with E-state index in [0.29, 0.717) is 11.1 Å². The van der Waals surface area contributed by atoms with Gasteiger partial charge in [0.15, 0.2) is 5.65 Å². The zero-order chi connectivity index (χ0) is 20.0. The lowest BCUT2D eigenvalue weighted by atomic mass is 10.0. The fraction of sp³-hybridized carbons (Fsp3) is 0.273. The lowest BCUT2D eigenvalue weighted by Crippen LogP contribution is -2.49. The third kappa shape index (κ3) is 3.21. The van der Waals surface area contributed by atoms with Crippen LogP contribution in [-0.4, -0.2) is 42.1 Å². The van der Waals surface area contributed by atoms with Gasteiger partial charge in [0, 0.05) is 31.2 Å². The summed E-state index contributed by atoms with van der Waals surface area (Å²) in [5.74, 6) is 0.832. The highest BCUT2D eigenvalue weighted by atomic mass is 35.5. The second kappa shape index (κ2) is 7.44. The smallest absolute Gasteiger partial charge is 0.175 e. The molecule has 1 aliphatic rings. The van der Waals surface area contributed by atoms with Crippen molar-refractivity contribution in [3.8, 4) is 17.0 Å². The predicted molar refractivity (Wildman–Crippen MR) is 122 cm³/mol. The Kier molecular flexibility index (Phi) is 4.78. The van der Waals surface area contributed by atoms with E-state index in [1.165, 1.54) is 11.5 Å². The first kappa shape index (κ1) is 18.6. The van der Waals surface area contributed by atoms with Crippen LogP contribution in [0.4, 0.5) is 5.00 Å². The van der Waals surface area contributed by atoms with E-state index in [-0.39, 0.29) is 0 Å². The molecule has 1 fully saturated rings. The molecule has 1 aliphatic heterocycles. The summed E-state index contributed by atoms with van der Waals surface area (Å²) in [4.78, 5) is 7.27. The Morgan fingerprint density at radius 3 is 2.93 bits per heavy atom. The average molecular weight is 425 g/mol. The number of anilines is 1. The molecule has 1 saturated heterocycles. The van der Waals surface area contributed by atoms with E-state index in [0.717, 1.165) is 63.4 Å². The largest absolute Gasteiger partial charge is 0.497 e. The molecule has 1 N–H and O–H groups in total. The molecule has 7 heteroatoms. The first-order chi connectivity index (χ1) is 14.2. The lowest BCUT2D eigenvalue weighted by molar-refractivity contribution is 0.415. The first-order valence-corrected chi connectivity index (χ1v) is 10.8.